The first-order valence-corrected chi connectivity index (χ1v) is 10.7. The second kappa shape index (κ2) is 14.1. The van der Waals surface area contributed by atoms with Crippen molar-refractivity contribution >= 4 is 35.8 Å². The van der Waals surface area contributed by atoms with Gasteiger partial charge in [-0.1, -0.05) is 24.3 Å². The minimum Gasteiger partial charge on any atom is -0.484 e. The van der Waals surface area contributed by atoms with Crippen molar-refractivity contribution in [1.29, 1.82) is 0 Å². The first-order chi connectivity index (χ1) is 15.7. The molecular weight excluding hydrogens is 531 g/mol. The van der Waals surface area contributed by atoms with Crippen LogP contribution >= 0.6 is 24.0 Å². The summed E-state index contributed by atoms with van der Waals surface area (Å²) in [7, 11) is 1.75. The van der Waals surface area contributed by atoms with E-state index >= 15 is 0 Å². The van der Waals surface area contributed by atoms with Crippen LogP contribution in [0.4, 0.5) is 0 Å². The Bertz CT molecular complexity index is 1010. The number of carbonyl (C=O) groups is 1. The predicted molar refractivity (Wildman–Crippen MR) is 142 cm³/mol. The number of amides is 1. The Morgan fingerprint density at radius 2 is 1.88 bits per heavy atom. The predicted octanol–water partition coefficient (Wildman–Crippen LogP) is 2.91. The fraction of sp³-hybridized carbons (Fsp3) is 0.292. The molecule has 0 aliphatic heterocycles. The molecule has 0 spiro atoms. The number of halogens is 1. The van der Waals surface area contributed by atoms with E-state index < -0.39 is 0 Å². The molecule has 0 unspecified atom stereocenters. The molecule has 1 heterocycles. The van der Waals surface area contributed by atoms with Crippen molar-refractivity contribution in [3.8, 4) is 11.4 Å². The van der Waals surface area contributed by atoms with Gasteiger partial charge in [0.15, 0.2) is 12.6 Å². The lowest BCUT2D eigenvalue weighted by Crippen LogP contribution is -2.37. The van der Waals surface area contributed by atoms with E-state index in [1.54, 1.807) is 13.2 Å². The average Bonchev–Trinajstić information content (AvgIpc) is 3.36. The number of aromatic nitrogens is 2. The number of likely N-dealkylation sites (N-methyl/N-ethyl adjacent to an activating group) is 1. The zero-order valence-corrected chi connectivity index (χ0v) is 21.3. The zero-order valence-electron chi connectivity index (χ0n) is 19.0. The first-order valence-electron chi connectivity index (χ1n) is 10.7. The Balaban J connectivity index is 0.00000385. The molecule has 0 aliphatic rings. The van der Waals surface area contributed by atoms with Crippen LogP contribution in [0.25, 0.3) is 5.69 Å². The number of rotatable bonds is 10. The maximum Gasteiger partial charge on any atom is 0.257 e. The van der Waals surface area contributed by atoms with Gasteiger partial charge in [-0.25, -0.2) is 4.68 Å². The molecule has 0 bridgehead atoms. The smallest absolute Gasteiger partial charge is 0.257 e. The normalized spacial score (nSPS) is 10.8. The summed E-state index contributed by atoms with van der Waals surface area (Å²) in [5, 5.41) is 13.6. The lowest BCUT2D eigenvalue weighted by atomic mass is 10.1. The van der Waals surface area contributed by atoms with Gasteiger partial charge in [-0.15, -0.1) is 24.0 Å². The maximum absolute atomic E-state index is 11.6. The molecule has 0 saturated carbocycles. The van der Waals surface area contributed by atoms with E-state index in [1.165, 1.54) is 5.56 Å². The van der Waals surface area contributed by atoms with E-state index in [4.69, 9.17) is 4.74 Å². The van der Waals surface area contributed by atoms with Gasteiger partial charge in [-0.05, 0) is 54.8 Å². The van der Waals surface area contributed by atoms with Gasteiger partial charge < -0.3 is 20.7 Å². The van der Waals surface area contributed by atoms with Crippen LogP contribution in [0.3, 0.4) is 0 Å². The lowest BCUT2D eigenvalue weighted by Gasteiger charge is -2.13. The van der Waals surface area contributed by atoms with Crippen LogP contribution in [0.15, 0.2) is 72.0 Å². The number of hydrogen-bond donors (Lipinski definition) is 3. The number of nitrogens with one attached hydrogen (secondary N) is 3. The van der Waals surface area contributed by atoms with Crippen molar-refractivity contribution in [2.24, 2.45) is 4.99 Å². The molecule has 176 valence electrons. The van der Waals surface area contributed by atoms with Crippen molar-refractivity contribution in [2.75, 3.05) is 26.7 Å². The molecule has 0 saturated heterocycles. The number of nitrogens with zero attached hydrogens (tertiary/aromatic N) is 3. The standard InChI is InChI=1S/C24H30N6O2.HI/c1-3-26-23(31)18-32-22-7-4-6-20(16-22)17-28-24(25-2)27-14-12-19-8-10-21(11-9-19)30-15-5-13-29-30;/h4-11,13,15-16H,3,12,14,17-18H2,1-2H3,(H,26,31)(H2,25,27,28);1H. The van der Waals surface area contributed by atoms with Gasteiger partial charge in [0, 0.05) is 39.1 Å². The zero-order chi connectivity index (χ0) is 22.6. The SMILES string of the molecule is CCNC(=O)COc1cccc(CNC(=NC)NCCc2ccc(-n3cccn3)cc2)c1.I. The average molecular weight is 562 g/mol. The van der Waals surface area contributed by atoms with E-state index in [0.29, 0.717) is 18.8 Å². The molecule has 1 aromatic heterocycles. The number of hydrogen-bond acceptors (Lipinski definition) is 4. The number of aliphatic imine (C=N–C) groups is 1. The van der Waals surface area contributed by atoms with Crippen LogP contribution < -0.4 is 20.7 Å². The third-order valence-corrected chi connectivity index (χ3v) is 4.74. The molecule has 33 heavy (non-hydrogen) atoms. The minimum absolute atomic E-state index is 0. The largest absolute Gasteiger partial charge is 0.484 e. The van der Waals surface area contributed by atoms with E-state index in [-0.39, 0.29) is 36.5 Å². The Morgan fingerprint density at radius 3 is 2.58 bits per heavy atom. The summed E-state index contributed by atoms with van der Waals surface area (Å²) in [6, 6.07) is 17.9. The molecular formula is C24H31IN6O2. The molecule has 0 atom stereocenters. The van der Waals surface area contributed by atoms with Crippen LogP contribution in [-0.2, 0) is 17.8 Å². The van der Waals surface area contributed by atoms with Gasteiger partial charge in [0.25, 0.3) is 5.91 Å². The summed E-state index contributed by atoms with van der Waals surface area (Å²) in [6.07, 6.45) is 4.58. The fourth-order valence-electron chi connectivity index (χ4n) is 3.11. The summed E-state index contributed by atoms with van der Waals surface area (Å²) in [6.45, 7) is 3.84. The van der Waals surface area contributed by atoms with Crippen molar-refractivity contribution in [2.45, 2.75) is 19.9 Å². The van der Waals surface area contributed by atoms with Gasteiger partial charge >= 0.3 is 0 Å². The number of carbonyl (C=O) groups excluding carboxylic acids is 1. The highest BCUT2D eigenvalue weighted by atomic mass is 127. The maximum atomic E-state index is 11.6. The van der Waals surface area contributed by atoms with E-state index in [0.717, 1.165) is 30.2 Å². The molecule has 3 aromatic rings. The van der Waals surface area contributed by atoms with Crippen LogP contribution in [-0.4, -0.2) is 48.4 Å². The lowest BCUT2D eigenvalue weighted by molar-refractivity contribution is -0.122. The minimum atomic E-state index is -0.128. The van der Waals surface area contributed by atoms with Crippen LogP contribution in [0.2, 0.25) is 0 Å². The molecule has 1 amide bonds. The van der Waals surface area contributed by atoms with Crippen molar-refractivity contribution in [1.82, 2.24) is 25.7 Å². The van der Waals surface area contributed by atoms with E-state index in [9.17, 15) is 4.79 Å². The molecule has 0 radical (unpaired) electrons. The monoisotopic (exact) mass is 562 g/mol. The van der Waals surface area contributed by atoms with Crippen molar-refractivity contribution < 1.29 is 9.53 Å². The summed E-state index contributed by atoms with van der Waals surface area (Å²) < 4.78 is 7.39. The van der Waals surface area contributed by atoms with Gasteiger partial charge in [-0.3, -0.25) is 9.79 Å². The Hall–Kier alpha value is -3.08. The summed E-state index contributed by atoms with van der Waals surface area (Å²) >= 11 is 0. The highest BCUT2D eigenvalue weighted by molar-refractivity contribution is 14.0. The molecule has 9 heteroatoms. The van der Waals surface area contributed by atoms with Gasteiger partial charge in [0.2, 0.25) is 0 Å². The third kappa shape index (κ3) is 8.76. The Morgan fingerprint density at radius 1 is 1.06 bits per heavy atom. The number of benzene rings is 2. The number of guanidine groups is 1. The summed E-state index contributed by atoms with van der Waals surface area (Å²) in [5.41, 5.74) is 3.32. The molecule has 8 nitrogen and oxygen atoms in total. The van der Waals surface area contributed by atoms with Gasteiger partial charge in [0.1, 0.15) is 5.75 Å². The molecule has 3 rings (SSSR count). The van der Waals surface area contributed by atoms with E-state index in [2.05, 4.69) is 50.3 Å². The highest BCUT2D eigenvalue weighted by Crippen LogP contribution is 2.13. The third-order valence-electron chi connectivity index (χ3n) is 4.74. The topological polar surface area (TPSA) is 92.6 Å². The number of ether oxygens (including phenoxy) is 1. The summed E-state index contributed by atoms with van der Waals surface area (Å²) in [4.78, 5) is 15.8. The first kappa shape index (κ1) is 26.2. The van der Waals surface area contributed by atoms with Crippen molar-refractivity contribution in [3.05, 3.63) is 78.1 Å². The molecule has 0 aliphatic carbocycles. The van der Waals surface area contributed by atoms with Crippen LogP contribution in [0.1, 0.15) is 18.1 Å². The molecule has 2 aromatic carbocycles. The Labute approximate surface area is 211 Å². The van der Waals surface area contributed by atoms with Gasteiger partial charge in [-0.2, -0.15) is 5.10 Å². The fourth-order valence-corrected chi connectivity index (χ4v) is 3.11. The molecule has 0 fully saturated rings. The highest BCUT2D eigenvalue weighted by Gasteiger charge is 2.04. The van der Waals surface area contributed by atoms with Crippen molar-refractivity contribution in [3.63, 3.8) is 0 Å². The quantitative estimate of drug-likeness (QED) is 0.201. The second-order valence-corrected chi connectivity index (χ2v) is 7.11. The second-order valence-electron chi connectivity index (χ2n) is 7.11. The van der Waals surface area contributed by atoms with Crippen LogP contribution in [0.5, 0.6) is 5.75 Å². The molecule has 3 N–H and O–H groups in total. The Kier molecular flexibility index (Phi) is 11.2. The van der Waals surface area contributed by atoms with Gasteiger partial charge in [0.05, 0.1) is 5.69 Å². The summed E-state index contributed by atoms with van der Waals surface area (Å²) in [5.74, 6) is 1.26. The van der Waals surface area contributed by atoms with E-state index in [1.807, 2.05) is 48.1 Å². The van der Waals surface area contributed by atoms with Crippen LogP contribution in [0, 0.1) is 0 Å².